The fourth-order valence-electron chi connectivity index (χ4n) is 0. The Morgan fingerprint density at radius 2 is 1.20 bits per heavy atom. The quantitative estimate of drug-likeness (QED) is 0.326. The Kier molecular flexibility index (Phi) is 5.51. The Labute approximate surface area is 74.4 Å². The molecule has 0 aromatic carbocycles. The van der Waals surface area contributed by atoms with Crippen LogP contribution in [0.25, 0.3) is 0 Å². The van der Waals surface area contributed by atoms with E-state index in [4.69, 9.17) is 0 Å². The van der Waals surface area contributed by atoms with E-state index >= 15 is 0 Å². The summed E-state index contributed by atoms with van der Waals surface area (Å²) in [5, 5.41) is 0. The van der Waals surface area contributed by atoms with Crippen LogP contribution in [0.4, 0.5) is 0 Å². The summed E-state index contributed by atoms with van der Waals surface area (Å²) in [6.07, 6.45) is 0. The molecule has 32 valence electrons. The minimum atomic E-state index is -0.903. The van der Waals surface area contributed by atoms with Gasteiger partial charge in [-0.2, -0.15) is 0 Å². The molecule has 5 heteroatoms. The molecule has 0 aliphatic carbocycles. The van der Waals surface area contributed by atoms with E-state index in [-0.39, 0.29) is 0 Å². The Morgan fingerprint density at radius 3 is 1.20 bits per heavy atom. The van der Waals surface area contributed by atoms with Gasteiger partial charge in [0.2, 0.25) is 0 Å². The van der Waals surface area contributed by atoms with Crippen LogP contribution in [0.5, 0.6) is 0 Å². The molecule has 0 bridgehead atoms. The van der Waals surface area contributed by atoms with E-state index in [1.165, 1.54) is 0 Å². The summed E-state index contributed by atoms with van der Waals surface area (Å²) in [6.45, 7) is 0. The Bertz CT molecular complexity index is 20.4. The van der Waals surface area contributed by atoms with E-state index in [1.54, 1.807) is 0 Å². The maximum absolute atomic E-state index is 2.62. The first kappa shape index (κ1) is 8.28. The van der Waals surface area contributed by atoms with E-state index < -0.39 is 1.37 Å². The van der Waals surface area contributed by atoms with E-state index in [0.717, 1.165) is 14.5 Å². The SMILES string of the molecule is [GeH3][Ge]([I])([I])[I]. The van der Waals surface area contributed by atoms with Crippen molar-refractivity contribution in [1.82, 2.24) is 0 Å². The third-order valence-electron chi connectivity index (χ3n) is 0. The van der Waals surface area contributed by atoms with Gasteiger partial charge in [0.25, 0.3) is 0 Å². The van der Waals surface area contributed by atoms with Gasteiger partial charge in [-0.25, -0.2) is 0 Å². The van der Waals surface area contributed by atoms with Gasteiger partial charge in [0.05, 0.1) is 0 Å². The van der Waals surface area contributed by atoms with E-state index in [0.29, 0.717) is 0 Å². The fraction of sp³-hybridized carbons (Fsp3) is 0. The van der Waals surface area contributed by atoms with Crippen molar-refractivity contribution in [2.45, 2.75) is 0 Å². The molecule has 0 saturated heterocycles. The molecule has 0 heterocycles. The third-order valence-corrected chi connectivity index (χ3v) is 0. The first-order valence-electron chi connectivity index (χ1n) is 1.07. The van der Waals surface area contributed by atoms with Crippen molar-refractivity contribution in [3.05, 3.63) is 0 Å². The first-order chi connectivity index (χ1) is 2.00. The van der Waals surface area contributed by atoms with Gasteiger partial charge in [-0.3, -0.25) is 0 Å². The van der Waals surface area contributed by atoms with Crippen molar-refractivity contribution in [2.75, 3.05) is 0 Å². The van der Waals surface area contributed by atoms with Crippen LogP contribution >= 0.6 is 60.6 Å². The van der Waals surface area contributed by atoms with E-state index in [2.05, 4.69) is 60.6 Å². The number of halogens is 3. The summed E-state index contributed by atoms with van der Waals surface area (Å²) in [5.41, 5.74) is 0. The summed E-state index contributed by atoms with van der Waals surface area (Å²) >= 11 is 9.01. The van der Waals surface area contributed by atoms with E-state index in [1.807, 2.05) is 0 Å². The van der Waals surface area contributed by atoms with Gasteiger partial charge in [-0.1, -0.05) is 0 Å². The zero-order valence-corrected chi connectivity index (χ0v) is 15.4. The Morgan fingerprint density at radius 1 is 1.20 bits per heavy atom. The summed E-state index contributed by atoms with van der Waals surface area (Å²) < 4.78 is -0.903. The minimum absolute atomic E-state index is 0.903. The molecular weight excluding hydrogens is 526 g/mol. The fourth-order valence-corrected chi connectivity index (χ4v) is 0. The molecule has 0 aliphatic heterocycles. The van der Waals surface area contributed by atoms with Crippen molar-refractivity contribution in [1.29, 1.82) is 0 Å². The van der Waals surface area contributed by atoms with Crippen LogP contribution < -0.4 is 0 Å². The monoisotopic (exact) mass is 532 g/mol. The Balaban J connectivity index is 3.02. The molecule has 0 unspecified atom stereocenters. The molecule has 0 spiro atoms. The molecule has 0 aliphatic rings. The predicted octanol–water partition coefficient (Wildman–Crippen LogP) is 1.09. The van der Waals surface area contributed by atoms with Crippen LogP contribution in [0.3, 0.4) is 0 Å². The normalized spacial score (nSPS) is 12.6. The maximum atomic E-state index is 2.62. The molecular formula is H3Ge2I3. The molecule has 0 aromatic heterocycles. The number of rotatable bonds is 0. The summed E-state index contributed by atoms with van der Waals surface area (Å²) in [7, 11) is 0. The third kappa shape index (κ3) is 18.9. The zero-order chi connectivity index (χ0) is 4.50. The van der Waals surface area contributed by atoms with E-state index in [9.17, 15) is 0 Å². The molecule has 0 N–H and O–H groups in total. The van der Waals surface area contributed by atoms with Gasteiger partial charge in [0.1, 0.15) is 0 Å². The standard InChI is InChI=1S/Ge2H3I3/c1-2(3,4)5/h1H3. The molecule has 5 heavy (non-hydrogen) atoms. The molecule has 0 fully saturated rings. The molecule has 0 atom stereocenters. The van der Waals surface area contributed by atoms with Crippen molar-refractivity contribution >= 4 is 76.6 Å². The van der Waals surface area contributed by atoms with Gasteiger partial charge in [0, 0.05) is 0 Å². The topological polar surface area (TPSA) is 0 Å². The van der Waals surface area contributed by atoms with Gasteiger partial charge in [-0.05, 0) is 0 Å². The summed E-state index contributed by atoms with van der Waals surface area (Å²) in [4.78, 5) is 0. The van der Waals surface area contributed by atoms with Gasteiger partial charge >= 0.3 is 76.6 Å². The van der Waals surface area contributed by atoms with Crippen molar-refractivity contribution < 1.29 is 0 Å². The second-order valence-electron chi connectivity index (χ2n) is 0.781. The average molecular weight is 529 g/mol. The number of hydrogen-bond donors (Lipinski definition) is 0. The van der Waals surface area contributed by atoms with Gasteiger partial charge in [-0.15, -0.1) is 0 Å². The van der Waals surface area contributed by atoms with Crippen molar-refractivity contribution in [3.63, 3.8) is 0 Å². The van der Waals surface area contributed by atoms with Gasteiger partial charge in [0.15, 0.2) is 0 Å². The predicted molar refractivity (Wildman–Crippen MR) is 57.8 cm³/mol. The zero-order valence-electron chi connectivity index (χ0n) is 2.63. The summed E-state index contributed by atoms with van der Waals surface area (Å²) in [5.74, 6) is 0. The van der Waals surface area contributed by atoms with Crippen LogP contribution in [0.15, 0.2) is 0 Å². The molecule has 0 amide bonds. The molecule has 0 nitrogen and oxygen atoms in total. The van der Waals surface area contributed by atoms with Crippen molar-refractivity contribution in [3.8, 4) is 0 Å². The van der Waals surface area contributed by atoms with Crippen LogP contribution in [-0.4, -0.2) is 15.9 Å². The van der Waals surface area contributed by atoms with Crippen LogP contribution in [0.1, 0.15) is 0 Å². The van der Waals surface area contributed by atoms with Gasteiger partial charge < -0.3 is 0 Å². The molecule has 0 radical (unpaired) electrons. The second-order valence-corrected chi connectivity index (χ2v) is 153. The molecule has 0 aromatic rings. The first-order valence-corrected chi connectivity index (χ1v) is 33.3. The van der Waals surface area contributed by atoms with Crippen LogP contribution in [0, 0.1) is 0 Å². The van der Waals surface area contributed by atoms with Crippen LogP contribution in [-0.2, 0) is 0 Å². The van der Waals surface area contributed by atoms with Crippen LogP contribution in [0.2, 0.25) is 0 Å². The second kappa shape index (κ2) is 3.33. The van der Waals surface area contributed by atoms with Crippen molar-refractivity contribution in [2.24, 2.45) is 0 Å². The number of hydrogen-bond acceptors (Lipinski definition) is 0. The molecule has 0 saturated carbocycles. The average Bonchev–Trinajstić information content (AvgIpc) is 0.722. The molecule has 0 rings (SSSR count). The summed E-state index contributed by atoms with van der Waals surface area (Å²) in [6, 6.07) is 0. The Hall–Kier alpha value is 3.28.